The van der Waals surface area contributed by atoms with Gasteiger partial charge in [0.05, 0.1) is 6.61 Å². The van der Waals surface area contributed by atoms with Gasteiger partial charge in [0.15, 0.2) is 12.2 Å². The van der Waals surface area contributed by atoms with Crippen molar-refractivity contribution in [3.8, 4) is 0 Å². The number of aliphatic hydroxyl groups excluding tert-OH is 4. The first kappa shape index (κ1) is 14.5. The Balaban J connectivity index is 0.000000315. The minimum absolute atomic E-state index is 0.0869. The molecule has 8 nitrogen and oxygen atoms in total. The maximum atomic E-state index is 9.76. The third-order valence-electron chi connectivity index (χ3n) is 1.59. The van der Waals surface area contributed by atoms with E-state index in [0.29, 0.717) is 5.95 Å². The third kappa shape index (κ3) is 5.41. The van der Waals surface area contributed by atoms with Crippen LogP contribution in [0.2, 0.25) is 0 Å². The smallest absolute Gasteiger partial charge is 0.197 e. The van der Waals surface area contributed by atoms with Crippen LogP contribution < -0.4 is 5.73 Å². The van der Waals surface area contributed by atoms with E-state index in [-0.39, 0.29) is 6.29 Å². The molecule has 1 rings (SSSR count). The fraction of sp³-hybridized carbons (Fsp3) is 0.500. The zero-order chi connectivity index (χ0) is 12.6. The van der Waals surface area contributed by atoms with Crippen LogP contribution in [0.1, 0.15) is 0 Å². The van der Waals surface area contributed by atoms with Crippen LogP contribution in [0.15, 0.2) is 12.4 Å². The second kappa shape index (κ2) is 7.77. The summed E-state index contributed by atoms with van der Waals surface area (Å²) in [6, 6.07) is 0. The van der Waals surface area contributed by atoms with Crippen LogP contribution in [0.25, 0.3) is 0 Å². The predicted octanol–water partition coefficient (Wildman–Crippen LogP) is -2.75. The highest BCUT2D eigenvalue weighted by molar-refractivity contribution is 5.56. The second-order valence-electron chi connectivity index (χ2n) is 2.84. The van der Waals surface area contributed by atoms with Gasteiger partial charge < -0.3 is 35.9 Å². The molecule has 0 saturated carbocycles. The number of hydrogen-bond donors (Lipinski definition) is 6. The Hall–Kier alpha value is -1.48. The van der Waals surface area contributed by atoms with Crippen LogP contribution in [-0.2, 0) is 4.79 Å². The Kier molecular flexibility index (Phi) is 7.05. The van der Waals surface area contributed by atoms with E-state index >= 15 is 0 Å². The number of aromatic amines is 1. The summed E-state index contributed by atoms with van der Waals surface area (Å²) in [7, 11) is 0. The topological polar surface area (TPSA) is 153 Å². The van der Waals surface area contributed by atoms with E-state index in [1.807, 2.05) is 0 Å². The van der Waals surface area contributed by atoms with E-state index in [9.17, 15) is 4.79 Å². The van der Waals surface area contributed by atoms with E-state index in [4.69, 9.17) is 26.2 Å². The number of nitrogen functional groups attached to an aromatic ring is 1. The van der Waals surface area contributed by atoms with Gasteiger partial charge in [-0.1, -0.05) is 0 Å². The van der Waals surface area contributed by atoms with E-state index < -0.39 is 24.9 Å². The molecule has 0 saturated heterocycles. The minimum Gasteiger partial charge on any atom is -0.394 e. The summed E-state index contributed by atoms with van der Waals surface area (Å²) in [5, 5.41) is 34.1. The highest BCUT2D eigenvalue weighted by atomic mass is 16.4. The molecule has 0 radical (unpaired) electrons. The number of nitrogens with two attached hydrogens (primary N) is 1. The highest BCUT2D eigenvalue weighted by Gasteiger charge is 2.22. The monoisotopic (exact) mass is 233 g/mol. The van der Waals surface area contributed by atoms with Crippen molar-refractivity contribution < 1.29 is 25.2 Å². The van der Waals surface area contributed by atoms with E-state index in [0.717, 1.165) is 0 Å². The molecule has 0 bridgehead atoms. The maximum Gasteiger partial charge on any atom is 0.197 e. The zero-order valence-corrected chi connectivity index (χ0v) is 8.39. The van der Waals surface area contributed by atoms with Gasteiger partial charge >= 0.3 is 0 Å². The number of carbonyl (C=O) groups excluding carboxylic acids is 1. The Labute approximate surface area is 91.4 Å². The quantitative estimate of drug-likeness (QED) is 0.308. The number of anilines is 1. The Morgan fingerprint density at radius 2 is 2.12 bits per heavy atom. The summed E-state index contributed by atoms with van der Waals surface area (Å²) in [6.07, 6.45) is -1.35. The molecule has 0 aromatic carbocycles. The van der Waals surface area contributed by atoms with Crippen molar-refractivity contribution >= 4 is 12.2 Å². The number of imidazole rings is 1. The van der Waals surface area contributed by atoms with Crippen molar-refractivity contribution in [3.05, 3.63) is 12.4 Å². The molecule has 7 N–H and O–H groups in total. The lowest BCUT2D eigenvalue weighted by atomic mass is 10.1. The van der Waals surface area contributed by atoms with Gasteiger partial charge in [-0.2, -0.15) is 0 Å². The van der Waals surface area contributed by atoms with Gasteiger partial charge in [-0.25, -0.2) is 4.98 Å². The van der Waals surface area contributed by atoms with Crippen molar-refractivity contribution in [2.24, 2.45) is 0 Å². The number of carbonyl (C=O) groups is 1. The number of nitrogens with one attached hydrogen (secondary N) is 1. The van der Waals surface area contributed by atoms with E-state index in [1.54, 1.807) is 12.4 Å². The van der Waals surface area contributed by atoms with Crippen LogP contribution >= 0.6 is 0 Å². The van der Waals surface area contributed by atoms with Crippen LogP contribution in [0, 0.1) is 0 Å². The van der Waals surface area contributed by atoms with E-state index in [1.165, 1.54) is 0 Å². The normalized spacial score (nSPS) is 15.5. The number of nitrogens with zero attached hydrogens (tertiary/aromatic N) is 1. The summed E-state index contributed by atoms with van der Waals surface area (Å²) in [5.41, 5.74) is 5.11. The fourth-order valence-corrected chi connectivity index (χ4v) is 0.694. The minimum atomic E-state index is -1.64. The molecule has 0 aliphatic carbocycles. The largest absolute Gasteiger partial charge is 0.394 e. The van der Waals surface area contributed by atoms with Crippen LogP contribution in [0.3, 0.4) is 0 Å². The van der Waals surface area contributed by atoms with Crippen LogP contribution in [0.5, 0.6) is 0 Å². The summed E-state index contributed by atoms with van der Waals surface area (Å²) in [6.45, 7) is -0.688. The summed E-state index contributed by atoms with van der Waals surface area (Å²) < 4.78 is 0. The van der Waals surface area contributed by atoms with Gasteiger partial charge in [-0.05, 0) is 0 Å². The van der Waals surface area contributed by atoms with Crippen LogP contribution in [-0.4, -0.2) is 61.6 Å². The lowest BCUT2D eigenvalue weighted by Crippen LogP contribution is -2.40. The molecule has 8 heteroatoms. The van der Waals surface area contributed by atoms with E-state index in [2.05, 4.69) is 9.97 Å². The highest BCUT2D eigenvalue weighted by Crippen LogP contribution is 1.96. The first-order valence-electron chi connectivity index (χ1n) is 4.38. The lowest BCUT2D eigenvalue weighted by Gasteiger charge is -2.16. The van der Waals surface area contributed by atoms with Crippen molar-refractivity contribution in [1.82, 2.24) is 9.97 Å². The summed E-state index contributed by atoms with van der Waals surface area (Å²) in [5.74, 6) is 0.468. The summed E-state index contributed by atoms with van der Waals surface area (Å²) in [4.78, 5) is 16.1. The molecule has 0 spiro atoms. The Bertz CT molecular complexity index is 279. The van der Waals surface area contributed by atoms with Gasteiger partial charge in [-0.15, -0.1) is 0 Å². The molecule has 92 valence electrons. The molecular weight excluding hydrogens is 218 g/mol. The first-order valence-corrected chi connectivity index (χ1v) is 4.38. The number of rotatable bonds is 4. The number of aliphatic hydroxyl groups is 4. The number of H-pyrrole nitrogens is 1. The molecule has 16 heavy (non-hydrogen) atoms. The molecule has 0 aliphatic heterocycles. The molecular formula is C8H15N3O5. The van der Waals surface area contributed by atoms with Crippen LogP contribution in [0.4, 0.5) is 5.95 Å². The molecule has 1 aromatic heterocycles. The molecule has 0 amide bonds. The van der Waals surface area contributed by atoms with Gasteiger partial charge in [-0.3, -0.25) is 0 Å². The molecule has 3 atom stereocenters. The molecule has 0 fully saturated rings. The first-order chi connectivity index (χ1) is 7.52. The van der Waals surface area contributed by atoms with Gasteiger partial charge in [0.1, 0.15) is 18.3 Å². The standard InChI is InChI=1S/C5H10O5.C3H5N3/c6-1-3(8)5(10)4(9)2-7;4-3-5-1-2-6-3/h1,3-5,7-10H,2H2;1-2H,(H3,4,5,6). The van der Waals surface area contributed by atoms with Gasteiger partial charge in [0.2, 0.25) is 0 Å². The number of aldehydes is 1. The number of aromatic nitrogens is 2. The maximum absolute atomic E-state index is 9.76. The molecule has 1 heterocycles. The number of hydrogen-bond acceptors (Lipinski definition) is 7. The molecule has 1 aromatic rings. The SMILES string of the molecule is Nc1ncc[nH]1.O=CC(O)C(O)C(O)CO. The lowest BCUT2D eigenvalue weighted by molar-refractivity contribution is -0.127. The zero-order valence-electron chi connectivity index (χ0n) is 8.39. The Morgan fingerprint density at radius 3 is 2.38 bits per heavy atom. The van der Waals surface area contributed by atoms with Crippen molar-refractivity contribution in [2.75, 3.05) is 12.3 Å². The summed E-state index contributed by atoms with van der Waals surface area (Å²) >= 11 is 0. The Morgan fingerprint density at radius 1 is 1.50 bits per heavy atom. The predicted molar refractivity (Wildman–Crippen MR) is 54.2 cm³/mol. The van der Waals surface area contributed by atoms with Gasteiger partial charge in [0, 0.05) is 12.4 Å². The third-order valence-corrected chi connectivity index (χ3v) is 1.59. The van der Waals surface area contributed by atoms with Crippen molar-refractivity contribution in [2.45, 2.75) is 18.3 Å². The van der Waals surface area contributed by atoms with Crippen molar-refractivity contribution in [1.29, 1.82) is 0 Å². The average molecular weight is 233 g/mol. The molecule has 3 unspecified atom stereocenters. The molecule has 0 aliphatic rings. The van der Waals surface area contributed by atoms with Crippen molar-refractivity contribution in [3.63, 3.8) is 0 Å². The second-order valence-corrected chi connectivity index (χ2v) is 2.84. The van der Waals surface area contributed by atoms with Gasteiger partial charge in [0.25, 0.3) is 0 Å². The average Bonchev–Trinajstić information content (AvgIpc) is 2.77. The fourth-order valence-electron chi connectivity index (χ4n) is 0.694.